The quantitative estimate of drug-likeness (QED) is 0.221. The molecule has 1 atom stereocenters. The molecular formula is C18H33IN4OS. The van der Waals surface area contributed by atoms with Crippen LogP contribution in [-0.2, 0) is 4.74 Å². The molecule has 0 aliphatic heterocycles. The largest absolute Gasteiger partial charge is 0.381 e. The van der Waals surface area contributed by atoms with Gasteiger partial charge in [-0.05, 0) is 57.6 Å². The normalized spacial score (nSPS) is 15.8. The lowest BCUT2D eigenvalue weighted by molar-refractivity contribution is 0.123. The summed E-state index contributed by atoms with van der Waals surface area (Å²) in [6.07, 6.45) is 3.72. The predicted molar refractivity (Wildman–Crippen MR) is 118 cm³/mol. The van der Waals surface area contributed by atoms with Crippen molar-refractivity contribution in [2.24, 2.45) is 10.9 Å². The maximum Gasteiger partial charge on any atom is 0.191 e. The van der Waals surface area contributed by atoms with E-state index in [1.807, 2.05) is 0 Å². The molecule has 0 amide bonds. The fourth-order valence-electron chi connectivity index (χ4n) is 2.42. The van der Waals surface area contributed by atoms with E-state index in [1.54, 1.807) is 11.3 Å². The van der Waals surface area contributed by atoms with Gasteiger partial charge in [0.2, 0.25) is 0 Å². The zero-order chi connectivity index (χ0) is 17.2. The number of nitrogens with zero attached hydrogens (tertiary/aromatic N) is 2. The summed E-state index contributed by atoms with van der Waals surface area (Å²) in [6, 6.07) is 4.61. The second kappa shape index (κ2) is 12.9. The van der Waals surface area contributed by atoms with Crippen molar-refractivity contribution in [2.45, 2.75) is 32.2 Å². The van der Waals surface area contributed by atoms with E-state index in [4.69, 9.17) is 9.73 Å². The van der Waals surface area contributed by atoms with Crippen LogP contribution < -0.4 is 10.6 Å². The molecule has 2 N–H and O–H groups in total. The van der Waals surface area contributed by atoms with E-state index in [9.17, 15) is 0 Å². The molecule has 1 heterocycles. The van der Waals surface area contributed by atoms with Crippen molar-refractivity contribution in [1.82, 2.24) is 15.5 Å². The number of hydrogen-bond donors (Lipinski definition) is 2. The van der Waals surface area contributed by atoms with Gasteiger partial charge in [-0.25, -0.2) is 0 Å². The van der Waals surface area contributed by atoms with Crippen LogP contribution in [-0.4, -0.2) is 57.8 Å². The number of likely N-dealkylation sites (N-methyl/N-ethyl adjacent to an activating group) is 1. The minimum atomic E-state index is 0. The lowest BCUT2D eigenvalue weighted by Crippen LogP contribution is -2.38. The Morgan fingerprint density at radius 1 is 1.40 bits per heavy atom. The molecule has 1 aliphatic carbocycles. The Bertz CT molecular complexity index is 477. The van der Waals surface area contributed by atoms with Crippen molar-refractivity contribution < 1.29 is 4.74 Å². The monoisotopic (exact) mass is 480 g/mol. The van der Waals surface area contributed by atoms with Gasteiger partial charge in [-0.1, -0.05) is 6.07 Å². The fourth-order valence-corrected chi connectivity index (χ4v) is 3.34. The summed E-state index contributed by atoms with van der Waals surface area (Å²) in [4.78, 5) is 8.35. The van der Waals surface area contributed by atoms with Crippen molar-refractivity contribution in [3.63, 3.8) is 0 Å². The van der Waals surface area contributed by atoms with Crippen molar-refractivity contribution in [2.75, 3.05) is 46.9 Å². The number of hydrogen-bond acceptors (Lipinski definition) is 4. The second-order valence-electron chi connectivity index (χ2n) is 6.51. The van der Waals surface area contributed by atoms with Gasteiger partial charge in [0, 0.05) is 31.2 Å². The summed E-state index contributed by atoms with van der Waals surface area (Å²) in [5, 5.41) is 8.86. The van der Waals surface area contributed by atoms with Gasteiger partial charge in [-0.3, -0.25) is 4.99 Å². The van der Waals surface area contributed by atoms with Gasteiger partial charge < -0.3 is 20.3 Å². The van der Waals surface area contributed by atoms with Gasteiger partial charge in [0.15, 0.2) is 5.96 Å². The lowest BCUT2D eigenvalue weighted by atomic mass is 10.2. The van der Waals surface area contributed by atoms with Crippen molar-refractivity contribution in [3.8, 4) is 0 Å². The van der Waals surface area contributed by atoms with Gasteiger partial charge in [-0.15, -0.1) is 35.3 Å². The van der Waals surface area contributed by atoms with Crippen LogP contribution in [0, 0.1) is 5.92 Å². The van der Waals surface area contributed by atoms with Crippen LogP contribution in [0.3, 0.4) is 0 Å². The standard InChI is InChI=1S/C18H32N4OS.HI/c1-4-19-18(20-10-6-11-23-14-15-8-9-15)21-13-16(22(2)3)17-7-5-12-24-17;/h5,7,12,15-16H,4,6,8-11,13-14H2,1-3H3,(H2,19,20,21);1H. The Balaban J connectivity index is 0.00000312. The van der Waals surface area contributed by atoms with Crippen LogP contribution >= 0.6 is 35.3 Å². The Hall–Kier alpha value is -0.380. The number of halogens is 1. The van der Waals surface area contributed by atoms with E-state index >= 15 is 0 Å². The van der Waals surface area contributed by atoms with Crippen LogP contribution in [0.1, 0.15) is 37.1 Å². The summed E-state index contributed by atoms with van der Waals surface area (Å²) in [6.45, 7) is 6.38. The molecule has 0 spiro atoms. The van der Waals surface area contributed by atoms with Gasteiger partial charge >= 0.3 is 0 Å². The molecule has 7 heteroatoms. The second-order valence-corrected chi connectivity index (χ2v) is 7.49. The predicted octanol–water partition coefficient (Wildman–Crippen LogP) is 3.34. The van der Waals surface area contributed by atoms with Crippen molar-refractivity contribution >= 4 is 41.3 Å². The summed E-state index contributed by atoms with van der Waals surface area (Å²) in [5.41, 5.74) is 0. The van der Waals surface area contributed by atoms with Gasteiger partial charge in [0.05, 0.1) is 12.6 Å². The third-order valence-electron chi connectivity index (χ3n) is 4.07. The van der Waals surface area contributed by atoms with Crippen LogP contribution in [0.4, 0.5) is 0 Å². The topological polar surface area (TPSA) is 48.9 Å². The van der Waals surface area contributed by atoms with Crippen molar-refractivity contribution in [3.05, 3.63) is 22.4 Å². The van der Waals surface area contributed by atoms with Crippen molar-refractivity contribution in [1.29, 1.82) is 0 Å². The minimum Gasteiger partial charge on any atom is -0.381 e. The maximum absolute atomic E-state index is 5.67. The Labute approximate surface area is 173 Å². The number of thiophene rings is 1. The highest BCUT2D eigenvalue weighted by atomic mass is 127. The van der Waals surface area contributed by atoms with E-state index in [0.717, 1.165) is 51.1 Å². The molecule has 0 bridgehead atoms. The number of aliphatic imine (C=N–C) groups is 1. The van der Waals surface area contributed by atoms with E-state index in [-0.39, 0.29) is 24.0 Å². The van der Waals surface area contributed by atoms with Crippen LogP contribution in [0.2, 0.25) is 0 Å². The van der Waals surface area contributed by atoms with E-state index in [2.05, 4.69) is 54.1 Å². The number of guanidine groups is 1. The molecule has 144 valence electrons. The zero-order valence-corrected chi connectivity index (χ0v) is 18.8. The molecule has 25 heavy (non-hydrogen) atoms. The smallest absolute Gasteiger partial charge is 0.191 e. The first-order valence-corrected chi connectivity index (χ1v) is 9.88. The number of rotatable bonds is 11. The highest BCUT2D eigenvalue weighted by Gasteiger charge is 2.20. The molecule has 1 aromatic rings. The van der Waals surface area contributed by atoms with Crippen LogP contribution in [0.5, 0.6) is 0 Å². The molecule has 1 fully saturated rings. The van der Waals surface area contributed by atoms with E-state index in [0.29, 0.717) is 6.04 Å². The maximum atomic E-state index is 5.67. The summed E-state index contributed by atoms with van der Waals surface area (Å²) in [7, 11) is 4.22. The van der Waals surface area contributed by atoms with Crippen LogP contribution in [0.15, 0.2) is 22.5 Å². The SMILES string of the molecule is CCNC(=NCC(c1cccs1)N(C)C)NCCCOCC1CC1.I. The summed E-state index contributed by atoms with van der Waals surface area (Å²) in [5.74, 6) is 1.74. The Kier molecular flexibility index (Phi) is 11.7. The first-order chi connectivity index (χ1) is 11.7. The third kappa shape index (κ3) is 9.21. The molecule has 0 radical (unpaired) electrons. The molecule has 1 aromatic heterocycles. The summed E-state index contributed by atoms with van der Waals surface area (Å²) >= 11 is 1.79. The van der Waals surface area contributed by atoms with E-state index in [1.165, 1.54) is 17.7 Å². The lowest BCUT2D eigenvalue weighted by Gasteiger charge is -2.22. The average molecular weight is 480 g/mol. The number of nitrogens with one attached hydrogen (secondary N) is 2. The molecule has 2 rings (SSSR count). The third-order valence-corrected chi connectivity index (χ3v) is 5.04. The molecule has 0 aromatic carbocycles. The van der Waals surface area contributed by atoms with Gasteiger partial charge in [0.1, 0.15) is 0 Å². The van der Waals surface area contributed by atoms with Gasteiger partial charge in [0.25, 0.3) is 0 Å². The number of ether oxygens (including phenoxy) is 1. The minimum absolute atomic E-state index is 0. The molecular weight excluding hydrogens is 447 g/mol. The molecule has 1 unspecified atom stereocenters. The molecule has 1 aliphatic rings. The molecule has 0 saturated heterocycles. The summed E-state index contributed by atoms with van der Waals surface area (Å²) < 4.78 is 5.67. The van der Waals surface area contributed by atoms with Crippen LogP contribution in [0.25, 0.3) is 0 Å². The molecule has 5 nitrogen and oxygen atoms in total. The highest BCUT2D eigenvalue weighted by molar-refractivity contribution is 14.0. The van der Waals surface area contributed by atoms with E-state index < -0.39 is 0 Å². The Morgan fingerprint density at radius 2 is 2.20 bits per heavy atom. The zero-order valence-electron chi connectivity index (χ0n) is 15.7. The Morgan fingerprint density at radius 3 is 2.80 bits per heavy atom. The fraction of sp³-hybridized carbons (Fsp3) is 0.722. The first-order valence-electron chi connectivity index (χ1n) is 9.00. The molecule has 1 saturated carbocycles. The highest BCUT2D eigenvalue weighted by Crippen LogP contribution is 2.28. The first kappa shape index (κ1) is 22.7. The van der Waals surface area contributed by atoms with Gasteiger partial charge in [-0.2, -0.15) is 0 Å². The average Bonchev–Trinajstić information content (AvgIpc) is 3.23.